The molecule has 6 aromatic carbocycles. The summed E-state index contributed by atoms with van der Waals surface area (Å²) in [6.07, 6.45) is 2.42. The second-order valence-electron chi connectivity index (χ2n) is 9.66. The van der Waals surface area contributed by atoms with Crippen molar-refractivity contribution in [2.75, 3.05) is 0 Å². The first-order valence-corrected chi connectivity index (χ1v) is 29.7. The van der Waals surface area contributed by atoms with E-state index in [2.05, 4.69) is 188 Å². The molecule has 0 saturated carbocycles. The van der Waals surface area contributed by atoms with Gasteiger partial charge >= 0.3 is 244 Å². The summed E-state index contributed by atoms with van der Waals surface area (Å²) in [5.74, 6) is 0. The number of benzene rings is 6. The van der Waals surface area contributed by atoms with Gasteiger partial charge < -0.3 is 0 Å². The van der Waals surface area contributed by atoms with Gasteiger partial charge in [0.05, 0.1) is 0 Å². The molecule has 0 atom stereocenters. The number of hydrogen-bond acceptors (Lipinski definition) is 1. The predicted octanol–water partition coefficient (Wildman–Crippen LogP) is 5.05. The van der Waals surface area contributed by atoms with Crippen molar-refractivity contribution >= 4 is 61.6 Å². The minimum absolute atomic E-state index is 1.51. The van der Waals surface area contributed by atoms with Gasteiger partial charge in [-0.05, 0) is 0 Å². The summed E-state index contributed by atoms with van der Waals surface area (Å²) in [5, 5.41) is 0. The van der Waals surface area contributed by atoms with Crippen LogP contribution in [0, 0.1) is 0 Å². The van der Waals surface area contributed by atoms with Crippen molar-refractivity contribution < 1.29 is 0 Å². The summed E-state index contributed by atoms with van der Waals surface area (Å²) in [6.45, 7) is 0. The van der Waals surface area contributed by atoms with Crippen LogP contribution in [0.1, 0.15) is 0 Å². The molecule has 39 heavy (non-hydrogen) atoms. The van der Waals surface area contributed by atoms with Crippen LogP contribution in [0.15, 0.2) is 182 Å². The average Bonchev–Trinajstić information content (AvgIpc) is 3.04. The zero-order valence-corrected chi connectivity index (χ0v) is 28.3. The molecule has 0 heterocycles. The molecule has 188 valence electrons. The van der Waals surface area contributed by atoms with Gasteiger partial charge in [0.25, 0.3) is 0 Å². The summed E-state index contributed by atoms with van der Waals surface area (Å²) in [6, 6.07) is 68.6. The zero-order valence-electron chi connectivity index (χ0n) is 21.7. The second kappa shape index (κ2) is 12.2. The third-order valence-electron chi connectivity index (χ3n) is 7.39. The first-order valence-electron chi connectivity index (χ1n) is 13.4. The van der Waals surface area contributed by atoms with Crippen LogP contribution in [0.3, 0.4) is 0 Å². The maximum absolute atomic E-state index is 3.71. The molecule has 0 N–H and O–H groups in total. The Morgan fingerprint density at radius 3 is 0.538 bits per heavy atom. The van der Waals surface area contributed by atoms with Crippen LogP contribution in [0.2, 0.25) is 0 Å². The van der Waals surface area contributed by atoms with Crippen molar-refractivity contribution in [3.63, 3.8) is 0 Å². The molecule has 0 fully saturated rings. The van der Waals surface area contributed by atoms with Crippen molar-refractivity contribution in [2.45, 2.75) is 0 Å². The van der Waals surface area contributed by atoms with Gasteiger partial charge in [-0.25, -0.2) is 0 Å². The predicted molar refractivity (Wildman–Crippen MR) is 176 cm³/mol. The molecule has 6 rings (SSSR count). The minimum atomic E-state index is -3.71. The van der Waals surface area contributed by atoms with Gasteiger partial charge in [0, 0.05) is 0 Å². The van der Waals surface area contributed by atoms with Crippen LogP contribution in [-0.4, -0.2) is 34.0 Å². The molecular weight excluding hydrogens is 702 g/mol. The third-order valence-corrected chi connectivity index (χ3v) is 77.5. The summed E-state index contributed by atoms with van der Waals surface area (Å²) in [5.41, 5.74) is 0. The van der Waals surface area contributed by atoms with Gasteiger partial charge in [-0.2, -0.15) is 0 Å². The SMILES string of the molecule is c1cc[c]([Sn]([S][Sn]([c]2ccccc2)([c]2ccccc2)[c]2ccccc2)([c]2ccccc2)[c]2ccccc2)cc1. The molecule has 0 aliphatic carbocycles. The van der Waals surface area contributed by atoms with E-state index in [-0.39, 0.29) is 0 Å². The molecule has 0 spiro atoms. The fraction of sp³-hybridized carbons (Fsp3) is 0. The quantitative estimate of drug-likeness (QED) is 0.198. The third kappa shape index (κ3) is 5.13. The molecule has 0 bridgehead atoms. The first-order chi connectivity index (χ1) is 19.3. The zero-order chi connectivity index (χ0) is 26.4. The Morgan fingerprint density at radius 1 is 0.231 bits per heavy atom. The average molecular weight is 732 g/mol. The summed E-state index contributed by atoms with van der Waals surface area (Å²) in [4.78, 5) is 0. The van der Waals surface area contributed by atoms with Gasteiger partial charge in [0.1, 0.15) is 0 Å². The normalized spacial score (nSPS) is 11.7. The molecule has 0 aliphatic rings. The van der Waals surface area contributed by atoms with Crippen molar-refractivity contribution in [3.05, 3.63) is 182 Å². The fourth-order valence-electron chi connectivity index (χ4n) is 5.62. The van der Waals surface area contributed by atoms with Gasteiger partial charge in [0.2, 0.25) is 0 Å². The second-order valence-corrected chi connectivity index (χ2v) is 49.2. The van der Waals surface area contributed by atoms with Crippen molar-refractivity contribution in [3.8, 4) is 0 Å². The van der Waals surface area contributed by atoms with E-state index in [9.17, 15) is 0 Å². The van der Waals surface area contributed by atoms with E-state index in [1.165, 1.54) is 21.5 Å². The Bertz CT molecular complexity index is 1270. The molecule has 0 amide bonds. The Labute approximate surface area is 241 Å². The Kier molecular flexibility index (Phi) is 8.28. The maximum atomic E-state index is 2.42. The van der Waals surface area contributed by atoms with Gasteiger partial charge in [-0.3, -0.25) is 0 Å². The van der Waals surface area contributed by atoms with Gasteiger partial charge in [-0.1, -0.05) is 0 Å². The van der Waals surface area contributed by atoms with E-state index in [4.69, 9.17) is 0 Å². The van der Waals surface area contributed by atoms with Crippen molar-refractivity contribution in [1.29, 1.82) is 0 Å². The van der Waals surface area contributed by atoms with E-state index < -0.39 is 34.0 Å². The molecule has 0 aliphatic heterocycles. The Hall–Kier alpha value is -2.73. The van der Waals surface area contributed by atoms with Crippen molar-refractivity contribution in [1.82, 2.24) is 0 Å². The number of rotatable bonds is 8. The van der Waals surface area contributed by atoms with E-state index in [0.29, 0.717) is 0 Å². The van der Waals surface area contributed by atoms with Crippen molar-refractivity contribution in [2.24, 2.45) is 0 Å². The molecule has 6 aromatic rings. The van der Waals surface area contributed by atoms with Crippen LogP contribution in [0.4, 0.5) is 0 Å². The number of hydrogen-bond donors (Lipinski definition) is 0. The Balaban J connectivity index is 1.76. The first kappa shape index (κ1) is 26.5. The summed E-state index contributed by atoms with van der Waals surface area (Å²) >= 11 is -7.43. The van der Waals surface area contributed by atoms with E-state index in [0.717, 1.165) is 0 Å². The molecule has 0 unspecified atom stereocenters. The van der Waals surface area contributed by atoms with Crippen LogP contribution in [-0.2, 0) is 0 Å². The van der Waals surface area contributed by atoms with Gasteiger partial charge in [-0.15, -0.1) is 0 Å². The van der Waals surface area contributed by atoms with E-state index in [1.807, 2.05) is 0 Å². The van der Waals surface area contributed by atoms with Gasteiger partial charge in [0.15, 0.2) is 0 Å². The molecular formula is C36H30SSn2. The van der Waals surface area contributed by atoms with Crippen LogP contribution in [0.25, 0.3) is 0 Å². The monoisotopic (exact) mass is 734 g/mol. The fourth-order valence-corrected chi connectivity index (χ4v) is 106. The van der Waals surface area contributed by atoms with E-state index >= 15 is 0 Å². The van der Waals surface area contributed by atoms with E-state index in [1.54, 1.807) is 0 Å². The molecule has 0 nitrogen and oxygen atoms in total. The summed E-state index contributed by atoms with van der Waals surface area (Å²) < 4.78 is 9.07. The summed E-state index contributed by atoms with van der Waals surface area (Å²) in [7, 11) is 0. The van der Waals surface area contributed by atoms with Crippen LogP contribution < -0.4 is 21.5 Å². The molecule has 0 radical (unpaired) electrons. The molecule has 3 heteroatoms. The van der Waals surface area contributed by atoms with Crippen LogP contribution >= 0.6 is 6.13 Å². The molecule has 0 saturated heterocycles. The standard InChI is InChI=1S/6C6H5.S.2Sn/c6*1-2-4-6-5-3-1;;;/h6*1-5H;;;. The Morgan fingerprint density at radius 2 is 0.385 bits per heavy atom. The molecule has 0 aromatic heterocycles. The topological polar surface area (TPSA) is 0 Å². The van der Waals surface area contributed by atoms with Crippen LogP contribution in [0.5, 0.6) is 0 Å².